The summed E-state index contributed by atoms with van der Waals surface area (Å²) in [5, 5.41) is 7.60. The second-order valence-electron chi connectivity index (χ2n) is 4.66. The molecule has 0 aromatic carbocycles. The zero-order valence-electron chi connectivity index (χ0n) is 10.7. The van der Waals surface area contributed by atoms with Crippen LogP contribution in [0.25, 0.3) is 5.78 Å². The van der Waals surface area contributed by atoms with Gasteiger partial charge in [0.05, 0.1) is 0 Å². The van der Waals surface area contributed by atoms with Crippen molar-refractivity contribution in [1.82, 2.24) is 19.6 Å². The van der Waals surface area contributed by atoms with Crippen molar-refractivity contribution < 1.29 is 0 Å². The molecule has 1 fully saturated rings. The molecule has 3 rings (SSSR count). The van der Waals surface area contributed by atoms with E-state index in [0.29, 0.717) is 5.78 Å². The third kappa shape index (κ3) is 3.25. The first-order chi connectivity index (χ1) is 8.27. The lowest BCUT2D eigenvalue weighted by atomic mass is 10.0. The highest BCUT2D eigenvalue weighted by atomic mass is 15.3. The summed E-state index contributed by atoms with van der Waals surface area (Å²) < 4.78 is 1.85. The third-order valence-corrected chi connectivity index (χ3v) is 3.10. The molecule has 0 atom stereocenters. The van der Waals surface area contributed by atoms with Crippen LogP contribution in [0, 0.1) is 13.8 Å². The van der Waals surface area contributed by atoms with Crippen LogP contribution in [0.2, 0.25) is 0 Å². The number of hydrogen-bond donors (Lipinski definition) is 0. The Labute approximate surface area is 102 Å². The second-order valence-corrected chi connectivity index (χ2v) is 4.66. The Morgan fingerprint density at radius 1 is 1.00 bits per heavy atom. The molecule has 0 unspecified atom stereocenters. The van der Waals surface area contributed by atoms with E-state index in [1.165, 1.54) is 38.5 Å². The van der Waals surface area contributed by atoms with E-state index in [1.54, 1.807) is 6.33 Å². The Morgan fingerprint density at radius 3 is 2.18 bits per heavy atom. The van der Waals surface area contributed by atoms with Gasteiger partial charge in [0, 0.05) is 11.4 Å². The first-order valence-electron chi connectivity index (χ1n) is 6.41. The number of aromatic nitrogens is 4. The summed E-state index contributed by atoms with van der Waals surface area (Å²) in [6, 6.07) is 2.00. The molecule has 2 aromatic heterocycles. The van der Waals surface area contributed by atoms with Gasteiger partial charge >= 0.3 is 0 Å². The fraction of sp³-hybridized carbons (Fsp3) is 0.615. The van der Waals surface area contributed by atoms with Crippen molar-refractivity contribution in [2.75, 3.05) is 0 Å². The van der Waals surface area contributed by atoms with Gasteiger partial charge in [-0.1, -0.05) is 38.5 Å². The van der Waals surface area contributed by atoms with Crippen LogP contribution in [0.5, 0.6) is 0 Å². The van der Waals surface area contributed by atoms with E-state index < -0.39 is 0 Å². The molecule has 0 bridgehead atoms. The monoisotopic (exact) mass is 232 g/mol. The number of nitrogens with zero attached hydrogens (tertiary/aromatic N) is 4. The van der Waals surface area contributed by atoms with Crippen molar-refractivity contribution in [1.29, 1.82) is 0 Å². The van der Waals surface area contributed by atoms with Crippen molar-refractivity contribution >= 4 is 5.78 Å². The second kappa shape index (κ2) is 5.75. The highest BCUT2D eigenvalue weighted by molar-refractivity contribution is 5.29. The molecule has 0 spiro atoms. The van der Waals surface area contributed by atoms with Crippen LogP contribution in [-0.4, -0.2) is 19.6 Å². The minimum atomic E-state index is 0.669. The lowest BCUT2D eigenvalue weighted by molar-refractivity contribution is 0.504. The van der Waals surface area contributed by atoms with Crippen LogP contribution in [0.15, 0.2) is 12.4 Å². The smallest absolute Gasteiger partial charge is 0.255 e. The number of rotatable bonds is 0. The van der Waals surface area contributed by atoms with Crippen molar-refractivity contribution in [2.45, 2.75) is 52.4 Å². The molecule has 17 heavy (non-hydrogen) atoms. The molecule has 0 radical (unpaired) electrons. The van der Waals surface area contributed by atoms with E-state index >= 15 is 0 Å². The normalized spacial score (nSPS) is 15.4. The summed E-state index contributed by atoms with van der Waals surface area (Å²) in [4.78, 5) is 4.19. The predicted octanol–water partition coefficient (Wildman–Crippen LogP) is 3.08. The fourth-order valence-corrected chi connectivity index (χ4v) is 2.18. The molecule has 4 heteroatoms. The lowest BCUT2D eigenvalue weighted by Crippen LogP contribution is -1.94. The van der Waals surface area contributed by atoms with Crippen molar-refractivity contribution in [3.8, 4) is 0 Å². The molecule has 0 amide bonds. The van der Waals surface area contributed by atoms with E-state index in [-0.39, 0.29) is 0 Å². The Morgan fingerprint density at radius 2 is 1.59 bits per heavy atom. The molecule has 1 saturated carbocycles. The molecule has 0 aliphatic heterocycles. The average Bonchev–Trinajstić information content (AvgIpc) is 2.80. The minimum absolute atomic E-state index is 0.669. The van der Waals surface area contributed by atoms with E-state index in [2.05, 4.69) is 15.2 Å². The van der Waals surface area contributed by atoms with Crippen LogP contribution in [-0.2, 0) is 0 Å². The molecule has 0 saturated heterocycles. The van der Waals surface area contributed by atoms with Gasteiger partial charge in [0.15, 0.2) is 0 Å². The Bertz CT molecular complexity index is 460. The zero-order valence-corrected chi connectivity index (χ0v) is 10.7. The number of fused-ring (bicyclic) bond motifs is 1. The molecule has 92 valence electrons. The number of hydrogen-bond acceptors (Lipinski definition) is 3. The van der Waals surface area contributed by atoms with Crippen LogP contribution >= 0.6 is 0 Å². The SMILES string of the molecule is C1CCCCC1.Cc1cc(C)n2cnnc2n1. The van der Waals surface area contributed by atoms with Gasteiger partial charge in [0.1, 0.15) is 6.33 Å². The van der Waals surface area contributed by atoms with Crippen molar-refractivity contribution in [3.63, 3.8) is 0 Å². The van der Waals surface area contributed by atoms with Crippen LogP contribution < -0.4 is 0 Å². The molecule has 0 N–H and O–H groups in total. The summed E-state index contributed by atoms with van der Waals surface area (Å²) >= 11 is 0. The molecule has 2 aromatic rings. The van der Waals surface area contributed by atoms with Gasteiger partial charge in [-0.05, 0) is 19.9 Å². The summed E-state index contributed by atoms with van der Waals surface area (Å²) in [5.41, 5.74) is 2.08. The van der Waals surface area contributed by atoms with Gasteiger partial charge in [-0.2, -0.15) is 0 Å². The highest BCUT2D eigenvalue weighted by Crippen LogP contribution is 2.15. The van der Waals surface area contributed by atoms with E-state index in [0.717, 1.165) is 11.4 Å². The minimum Gasteiger partial charge on any atom is -0.270 e. The first-order valence-corrected chi connectivity index (χ1v) is 6.41. The Hall–Kier alpha value is -1.45. The Kier molecular flexibility index (Phi) is 4.07. The molecule has 2 heterocycles. The molecular formula is C13H20N4. The highest BCUT2D eigenvalue weighted by Gasteiger charge is 1.99. The summed E-state index contributed by atoms with van der Waals surface area (Å²) in [5.74, 6) is 0.669. The van der Waals surface area contributed by atoms with E-state index in [1.807, 2.05) is 24.3 Å². The summed E-state index contributed by atoms with van der Waals surface area (Å²) in [6.45, 7) is 3.95. The summed E-state index contributed by atoms with van der Waals surface area (Å²) in [6.07, 6.45) is 10.7. The molecule has 1 aliphatic rings. The van der Waals surface area contributed by atoms with Gasteiger partial charge in [0.25, 0.3) is 5.78 Å². The molecule has 1 aliphatic carbocycles. The summed E-state index contributed by atoms with van der Waals surface area (Å²) in [7, 11) is 0. The number of aryl methyl sites for hydroxylation is 2. The zero-order chi connectivity index (χ0) is 12.1. The largest absolute Gasteiger partial charge is 0.270 e. The maximum absolute atomic E-state index is 4.19. The van der Waals surface area contributed by atoms with Crippen LogP contribution in [0.4, 0.5) is 0 Å². The van der Waals surface area contributed by atoms with E-state index in [9.17, 15) is 0 Å². The first kappa shape index (κ1) is 12.0. The standard InChI is InChI=1S/C7H8N4.C6H12/c1-5-3-6(2)11-4-8-10-7(11)9-5;1-2-4-6-5-3-1/h3-4H,1-2H3;1-6H2. The maximum Gasteiger partial charge on any atom is 0.255 e. The van der Waals surface area contributed by atoms with Crippen molar-refractivity contribution in [2.24, 2.45) is 0 Å². The van der Waals surface area contributed by atoms with E-state index in [4.69, 9.17) is 0 Å². The molecule has 4 nitrogen and oxygen atoms in total. The van der Waals surface area contributed by atoms with Gasteiger partial charge in [-0.3, -0.25) is 4.40 Å². The predicted molar refractivity (Wildman–Crippen MR) is 68.0 cm³/mol. The van der Waals surface area contributed by atoms with Crippen LogP contribution in [0.1, 0.15) is 49.9 Å². The van der Waals surface area contributed by atoms with Gasteiger partial charge in [-0.15, -0.1) is 10.2 Å². The topological polar surface area (TPSA) is 43.1 Å². The average molecular weight is 232 g/mol. The van der Waals surface area contributed by atoms with Gasteiger partial charge in [-0.25, -0.2) is 4.98 Å². The van der Waals surface area contributed by atoms with Crippen LogP contribution in [0.3, 0.4) is 0 Å². The third-order valence-electron chi connectivity index (χ3n) is 3.10. The maximum atomic E-state index is 4.19. The lowest BCUT2D eigenvalue weighted by Gasteiger charge is -2.05. The quantitative estimate of drug-likeness (QED) is 0.701. The molecular weight excluding hydrogens is 212 g/mol. The van der Waals surface area contributed by atoms with Gasteiger partial charge in [0.2, 0.25) is 0 Å². The fourth-order valence-electron chi connectivity index (χ4n) is 2.18. The van der Waals surface area contributed by atoms with Gasteiger partial charge < -0.3 is 0 Å². The Balaban J connectivity index is 0.000000153. The van der Waals surface area contributed by atoms with Crippen molar-refractivity contribution in [3.05, 3.63) is 23.8 Å².